The molecule has 1 aliphatic rings. The fourth-order valence-electron chi connectivity index (χ4n) is 2.07. The molecule has 0 saturated carbocycles. The van der Waals surface area contributed by atoms with E-state index < -0.39 is 0 Å². The van der Waals surface area contributed by atoms with Crippen LogP contribution in [0.4, 0.5) is 11.5 Å². The minimum absolute atomic E-state index is 0.228. The number of fused-ring (bicyclic) bond motifs is 1. The van der Waals surface area contributed by atoms with Crippen molar-refractivity contribution in [1.82, 2.24) is 24.9 Å². The maximum atomic E-state index is 11.6. The molecular formula is C11H13ClN6O. The van der Waals surface area contributed by atoms with Gasteiger partial charge in [0, 0.05) is 25.2 Å². The molecule has 2 aromatic rings. The van der Waals surface area contributed by atoms with E-state index >= 15 is 0 Å². The molecule has 0 amide bonds. The molecule has 0 aliphatic carbocycles. The molecule has 0 unspecified atom stereocenters. The van der Waals surface area contributed by atoms with Crippen molar-refractivity contribution >= 4 is 23.1 Å². The zero-order valence-electron chi connectivity index (χ0n) is 10.4. The highest BCUT2D eigenvalue weighted by Crippen LogP contribution is 2.18. The van der Waals surface area contributed by atoms with Gasteiger partial charge in [0.1, 0.15) is 5.69 Å². The number of H-pyrrole nitrogens is 1. The lowest BCUT2D eigenvalue weighted by Gasteiger charge is -2.22. The van der Waals surface area contributed by atoms with Crippen LogP contribution in [-0.4, -0.2) is 38.5 Å². The molecule has 0 fully saturated rings. The molecule has 3 heterocycles. The number of aromatic amines is 1. The minimum Gasteiger partial charge on any atom is -0.334 e. The molecule has 0 spiro atoms. The third-order valence-electron chi connectivity index (χ3n) is 3.02. The highest BCUT2D eigenvalue weighted by Gasteiger charge is 2.16. The molecular weight excluding hydrogens is 268 g/mol. The number of rotatable bonds is 2. The van der Waals surface area contributed by atoms with E-state index in [9.17, 15) is 4.79 Å². The van der Waals surface area contributed by atoms with Crippen LogP contribution in [0.2, 0.25) is 5.15 Å². The van der Waals surface area contributed by atoms with E-state index in [1.165, 1.54) is 6.07 Å². The van der Waals surface area contributed by atoms with Gasteiger partial charge in [-0.3, -0.25) is 14.4 Å². The lowest BCUT2D eigenvalue weighted by molar-refractivity contribution is 0.259. The third kappa shape index (κ3) is 2.47. The molecule has 0 saturated heterocycles. The second-order valence-corrected chi connectivity index (χ2v) is 4.93. The van der Waals surface area contributed by atoms with Gasteiger partial charge in [-0.05, 0) is 7.05 Å². The average Bonchev–Trinajstić information content (AvgIpc) is 2.75. The van der Waals surface area contributed by atoms with Crippen molar-refractivity contribution in [2.24, 2.45) is 0 Å². The van der Waals surface area contributed by atoms with Gasteiger partial charge in [-0.25, -0.2) is 5.10 Å². The summed E-state index contributed by atoms with van der Waals surface area (Å²) in [5.41, 5.74) is 1.13. The van der Waals surface area contributed by atoms with Gasteiger partial charge < -0.3 is 5.32 Å². The largest absolute Gasteiger partial charge is 0.334 e. The second kappa shape index (κ2) is 4.67. The fraction of sp³-hybridized carbons (Fsp3) is 0.364. The fourth-order valence-corrected chi connectivity index (χ4v) is 2.22. The molecule has 0 radical (unpaired) electrons. The zero-order valence-corrected chi connectivity index (χ0v) is 11.1. The molecule has 1 aliphatic heterocycles. The van der Waals surface area contributed by atoms with Gasteiger partial charge in [0.2, 0.25) is 0 Å². The number of anilines is 2. The third-order valence-corrected chi connectivity index (χ3v) is 3.22. The van der Waals surface area contributed by atoms with Gasteiger partial charge in [-0.1, -0.05) is 11.6 Å². The molecule has 8 heteroatoms. The van der Waals surface area contributed by atoms with Crippen molar-refractivity contribution in [1.29, 1.82) is 0 Å². The van der Waals surface area contributed by atoms with Crippen LogP contribution in [0, 0.1) is 0 Å². The summed E-state index contributed by atoms with van der Waals surface area (Å²) in [6, 6.07) is 3.41. The van der Waals surface area contributed by atoms with Gasteiger partial charge in [0.25, 0.3) is 5.56 Å². The molecule has 0 atom stereocenters. The molecule has 100 valence electrons. The SMILES string of the molecule is CN1CCn2nc(Nc3cc(Cl)n[nH]c3=O)cc2C1. The maximum absolute atomic E-state index is 11.6. The molecule has 2 aromatic heterocycles. The number of hydrogen-bond donors (Lipinski definition) is 2. The first-order chi connectivity index (χ1) is 9.11. The Hall–Kier alpha value is -1.86. The monoisotopic (exact) mass is 280 g/mol. The summed E-state index contributed by atoms with van der Waals surface area (Å²) in [4.78, 5) is 13.8. The van der Waals surface area contributed by atoms with Gasteiger partial charge in [0.05, 0.1) is 12.2 Å². The first-order valence-corrected chi connectivity index (χ1v) is 6.27. The topological polar surface area (TPSA) is 78.8 Å². The smallest absolute Gasteiger partial charge is 0.287 e. The van der Waals surface area contributed by atoms with Crippen LogP contribution in [0.3, 0.4) is 0 Å². The predicted molar refractivity (Wildman–Crippen MR) is 71.7 cm³/mol. The Morgan fingerprint density at radius 2 is 2.26 bits per heavy atom. The summed E-state index contributed by atoms with van der Waals surface area (Å²) in [6.45, 7) is 2.67. The number of nitrogens with one attached hydrogen (secondary N) is 2. The average molecular weight is 281 g/mol. The van der Waals surface area contributed by atoms with Gasteiger partial charge >= 0.3 is 0 Å². The summed E-state index contributed by atoms with van der Waals surface area (Å²) in [5.74, 6) is 0.637. The van der Waals surface area contributed by atoms with Crippen LogP contribution < -0.4 is 10.9 Å². The van der Waals surface area contributed by atoms with E-state index in [1.807, 2.05) is 10.7 Å². The Morgan fingerprint density at radius 3 is 3.11 bits per heavy atom. The van der Waals surface area contributed by atoms with Crippen molar-refractivity contribution in [3.05, 3.63) is 33.3 Å². The van der Waals surface area contributed by atoms with E-state index in [1.54, 1.807) is 0 Å². The lowest BCUT2D eigenvalue weighted by Crippen LogP contribution is -2.30. The quantitative estimate of drug-likeness (QED) is 0.851. The number of halogens is 1. The van der Waals surface area contributed by atoms with Crippen LogP contribution in [0.1, 0.15) is 5.69 Å². The first kappa shape index (κ1) is 12.2. The van der Waals surface area contributed by atoms with Crippen LogP contribution in [0.5, 0.6) is 0 Å². The Bertz CT molecular complexity index is 663. The first-order valence-electron chi connectivity index (χ1n) is 5.89. The molecule has 0 aromatic carbocycles. The Kier molecular flexibility index (Phi) is 3.00. The van der Waals surface area contributed by atoms with Crippen LogP contribution in [0.15, 0.2) is 16.9 Å². The van der Waals surface area contributed by atoms with Gasteiger partial charge in [-0.2, -0.15) is 10.2 Å². The Morgan fingerprint density at radius 1 is 1.42 bits per heavy atom. The van der Waals surface area contributed by atoms with Crippen LogP contribution in [-0.2, 0) is 13.1 Å². The number of nitrogens with zero attached hydrogens (tertiary/aromatic N) is 4. The van der Waals surface area contributed by atoms with E-state index in [0.717, 1.165) is 25.3 Å². The Labute approximate surface area is 114 Å². The van der Waals surface area contributed by atoms with Gasteiger partial charge in [-0.15, -0.1) is 0 Å². The number of hydrogen-bond acceptors (Lipinski definition) is 5. The van der Waals surface area contributed by atoms with E-state index in [2.05, 4.69) is 32.6 Å². The lowest BCUT2D eigenvalue weighted by atomic mass is 10.3. The number of likely N-dealkylation sites (N-methyl/N-ethyl adjacent to an activating group) is 1. The van der Waals surface area contributed by atoms with Crippen molar-refractivity contribution in [2.75, 3.05) is 18.9 Å². The molecule has 0 bridgehead atoms. The predicted octanol–water partition coefficient (Wildman–Crippen LogP) is 0.809. The summed E-state index contributed by atoms with van der Waals surface area (Å²) in [6.07, 6.45) is 0. The summed E-state index contributed by atoms with van der Waals surface area (Å²) in [5, 5.41) is 13.5. The zero-order chi connectivity index (χ0) is 13.4. The van der Waals surface area contributed by atoms with Gasteiger partial charge in [0.15, 0.2) is 11.0 Å². The highest BCUT2D eigenvalue weighted by atomic mass is 35.5. The van der Waals surface area contributed by atoms with Crippen molar-refractivity contribution in [3.8, 4) is 0 Å². The van der Waals surface area contributed by atoms with Crippen molar-refractivity contribution in [2.45, 2.75) is 13.1 Å². The molecule has 2 N–H and O–H groups in total. The Balaban J connectivity index is 1.88. The molecule has 3 rings (SSSR count). The summed E-state index contributed by atoms with van der Waals surface area (Å²) in [7, 11) is 2.07. The van der Waals surface area contributed by atoms with Crippen LogP contribution in [0.25, 0.3) is 0 Å². The standard InChI is InChI=1S/C11H13ClN6O/c1-17-2-3-18-7(6-17)4-10(16-18)13-8-5-9(12)14-15-11(8)19/h4-5H,2-3,6H2,1H3,(H,15,19)(H,13,14,16). The van der Waals surface area contributed by atoms with Crippen molar-refractivity contribution < 1.29 is 0 Å². The highest BCUT2D eigenvalue weighted by molar-refractivity contribution is 6.29. The van der Waals surface area contributed by atoms with E-state index in [-0.39, 0.29) is 10.7 Å². The molecule has 19 heavy (non-hydrogen) atoms. The normalized spacial score (nSPS) is 15.3. The second-order valence-electron chi connectivity index (χ2n) is 4.54. The summed E-state index contributed by atoms with van der Waals surface area (Å²) < 4.78 is 1.94. The summed E-state index contributed by atoms with van der Waals surface area (Å²) >= 11 is 5.75. The van der Waals surface area contributed by atoms with Crippen LogP contribution >= 0.6 is 11.6 Å². The molecule has 7 nitrogen and oxygen atoms in total. The van der Waals surface area contributed by atoms with E-state index in [0.29, 0.717) is 11.5 Å². The van der Waals surface area contributed by atoms with E-state index in [4.69, 9.17) is 11.6 Å². The minimum atomic E-state index is -0.326. The maximum Gasteiger partial charge on any atom is 0.287 e. The van der Waals surface area contributed by atoms with Crippen molar-refractivity contribution in [3.63, 3.8) is 0 Å². The number of aromatic nitrogens is 4.